The van der Waals surface area contributed by atoms with Crippen molar-refractivity contribution >= 4 is 28.6 Å². The molecule has 3 nitrogen and oxygen atoms in total. The summed E-state index contributed by atoms with van der Waals surface area (Å²) in [6.07, 6.45) is 7.71. The van der Waals surface area contributed by atoms with E-state index in [1.54, 1.807) is 0 Å². The zero-order valence-corrected chi connectivity index (χ0v) is 12.8. The Hall–Kier alpha value is -1.42. The number of carbonyl (C=O) groups excluding carboxylic acids is 1. The van der Waals surface area contributed by atoms with Crippen molar-refractivity contribution in [1.82, 2.24) is 10.3 Å². The van der Waals surface area contributed by atoms with Crippen molar-refractivity contribution in [2.24, 2.45) is 0 Å². The molecule has 0 aliphatic rings. The number of nitrogens with one attached hydrogen (secondary N) is 2. The first-order valence-electron chi connectivity index (χ1n) is 7.12. The van der Waals surface area contributed by atoms with Crippen LogP contribution in [-0.4, -0.2) is 29.4 Å². The van der Waals surface area contributed by atoms with E-state index >= 15 is 0 Å². The molecule has 0 aliphatic carbocycles. The van der Waals surface area contributed by atoms with Crippen LogP contribution in [0, 0.1) is 0 Å². The van der Waals surface area contributed by atoms with Crippen molar-refractivity contribution in [3.63, 3.8) is 0 Å². The summed E-state index contributed by atoms with van der Waals surface area (Å²) in [5, 5.41) is 4.22. The van der Waals surface area contributed by atoms with E-state index in [0.717, 1.165) is 24.9 Å². The summed E-state index contributed by atoms with van der Waals surface area (Å²) in [6.45, 7) is 0.799. The van der Waals surface area contributed by atoms with Crippen molar-refractivity contribution in [1.29, 1.82) is 0 Å². The Bertz CT molecular complexity index is 550. The van der Waals surface area contributed by atoms with Crippen LogP contribution in [0.3, 0.4) is 0 Å². The Balaban J connectivity index is 1.73. The number of aryl methyl sites for hydroxylation is 1. The van der Waals surface area contributed by atoms with Crippen molar-refractivity contribution in [2.45, 2.75) is 25.7 Å². The topological polar surface area (TPSA) is 44.9 Å². The number of benzene rings is 1. The van der Waals surface area contributed by atoms with Crippen LogP contribution in [0.25, 0.3) is 10.9 Å². The van der Waals surface area contributed by atoms with Gasteiger partial charge >= 0.3 is 0 Å². The lowest BCUT2D eigenvalue weighted by molar-refractivity contribution is -0.121. The van der Waals surface area contributed by atoms with Crippen LogP contribution in [0.15, 0.2) is 30.5 Å². The minimum Gasteiger partial charge on any atom is -0.361 e. The number of aromatic nitrogens is 1. The molecule has 0 bridgehead atoms. The number of unbranched alkanes of at least 4 members (excludes halogenated alkanes) is 1. The second kappa shape index (κ2) is 8.00. The van der Waals surface area contributed by atoms with Gasteiger partial charge in [0.15, 0.2) is 0 Å². The summed E-state index contributed by atoms with van der Waals surface area (Å²) in [4.78, 5) is 15.0. The first-order valence-corrected chi connectivity index (χ1v) is 8.51. The lowest BCUT2D eigenvalue weighted by Crippen LogP contribution is -2.24. The third-order valence-corrected chi connectivity index (χ3v) is 4.09. The fourth-order valence-corrected chi connectivity index (χ4v) is 2.77. The van der Waals surface area contributed by atoms with Gasteiger partial charge in [-0.15, -0.1) is 0 Å². The van der Waals surface area contributed by atoms with Gasteiger partial charge in [-0.3, -0.25) is 4.79 Å². The van der Waals surface area contributed by atoms with Crippen molar-refractivity contribution in [3.05, 3.63) is 36.0 Å². The third kappa shape index (κ3) is 4.30. The van der Waals surface area contributed by atoms with Gasteiger partial charge in [0.2, 0.25) is 5.91 Å². The number of aromatic amines is 1. The Morgan fingerprint density at radius 2 is 2.15 bits per heavy atom. The number of fused-ring (bicyclic) bond motifs is 1. The number of para-hydroxylation sites is 1. The molecule has 0 spiro atoms. The third-order valence-electron chi connectivity index (χ3n) is 3.39. The van der Waals surface area contributed by atoms with Crippen LogP contribution >= 0.6 is 11.8 Å². The molecule has 0 saturated heterocycles. The molecule has 2 N–H and O–H groups in total. The van der Waals surface area contributed by atoms with E-state index in [1.165, 1.54) is 23.1 Å². The van der Waals surface area contributed by atoms with Crippen LogP contribution in [0.2, 0.25) is 0 Å². The number of amides is 1. The molecule has 2 aromatic rings. The van der Waals surface area contributed by atoms with Gasteiger partial charge in [-0.25, -0.2) is 0 Å². The molecule has 1 aromatic carbocycles. The minimum absolute atomic E-state index is 0.152. The second-order valence-corrected chi connectivity index (χ2v) is 5.89. The van der Waals surface area contributed by atoms with Gasteiger partial charge in [-0.2, -0.15) is 11.8 Å². The Morgan fingerprint density at radius 3 is 3.00 bits per heavy atom. The zero-order chi connectivity index (χ0) is 14.2. The molecule has 0 saturated carbocycles. The van der Waals surface area contributed by atoms with Gasteiger partial charge in [0.1, 0.15) is 0 Å². The van der Waals surface area contributed by atoms with Crippen LogP contribution in [-0.2, 0) is 11.2 Å². The van der Waals surface area contributed by atoms with Crippen molar-refractivity contribution in [3.8, 4) is 0 Å². The summed E-state index contributed by atoms with van der Waals surface area (Å²) in [7, 11) is 0. The largest absolute Gasteiger partial charge is 0.361 e. The average Bonchev–Trinajstić information content (AvgIpc) is 2.88. The first kappa shape index (κ1) is 15.0. The van der Waals surface area contributed by atoms with Crippen LogP contribution in [0.5, 0.6) is 0 Å². The molecule has 0 atom stereocenters. The number of hydrogen-bond donors (Lipinski definition) is 2. The standard InChI is InChI=1S/C16H22N2OS/c1-20-11-5-4-10-17-16(19)9-8-13-12-18-15-7-3-2-6-14(13)15/h2-3,6-7,12,18H,4-5,8-11H2,1H3,(H,17,19). The molecular weight excluding hydrogens is 268 g/mol. The predicted molar refractivity (Wildman–Crippen MR) is 87.2 cm³/mol. The molecule has 4 heteroatoms. The normalized spacial score (nSPS) is 10.8. The first-order chi connectivity index (χ1) is 9.81. The maximum atomic E-state index is 11.8. The van der Waals surface area contributed by atoms with Gasteiger partial charge in [0, 0.05) is 30.1 Å². The van der Waals surface area contributed by atoms with Crippen molar-refractivity contribution < 1.29 is 4.79 Å². The van der Waals surface area contributed by atoms with E-state index in [1.807, 2.05) is 30.1 Å². The van der Waals surface area contributed by atoms with E-state index in [9.17, 15) is 4.79 Å². The van der Waals surface area contributed by atoms with E-state index in [-0.39, 0.29) is 5.91 Å². The molecule has 2 rings (SSSR count). The lowest BCUT2D eigenvalue weighted by atomic mass is 10.1. The number of carbonyl (C=O) groups is 1. The van der Waals surface area contributed by atoms with Gasteiger partial charge < -0.3 is 10.3 Å². The molecule has 0 aliphatic heterocycles. The number of thioether (sulfide) groups is 1. The average molecular weight is 290 g/mol. The van der Waals surface area contributed by atoms with E-state index in [2.05, 4.69) is 28.7 Å². The van der Waals surface area contributed by atoms with Crippen molar-refractivity contribution in [2.75, 3.05) is 18.6 Å². The fourth-order valence-electron chi connectivity index (χ4n) is 2.27. The smallest absolute Gasteiger partial charge is 0.220 e. The number of H-pyrrole nitrogens is 1. The quantitative estimate of drug-likeness (QED) is 0.732. The zero-order valence-electron chi connectivity index (χ0n) is 11.9. The molecule has 1 aromatic heterocycles. The van der Waals surface area contributed by atoms with Crippen LogP contribution < -0.4 is 5.32 Å². The summed E-state index contributed by atoms with van der Waals surface area (Å²) in [5.74, 6) is 1.32. The van der Waals surface area contributed by atoms with Crippen LogP contribution in [0.1, 0.15) is 24.8 Å². The van der Waals surface area contributed by atoms with E-state index in [4.69, 9.17) is 0 Å². The van der Waals surface area contributed by atoms with Gasteiger partial charge in [0.05, 0.1) is 0 Å². The molecule has 108 valence electrons. The second-order valence-electron chi connectivity index (χ2n) is 4.91. The Morgan fingerprint density at radius 1 is 1.30 bits per heavy atom. The fraction of sp³-hybridized carbons (Fsp3) is 0.438. The van der Waals surface area contributed by atoms with Gasteiger partial charge in [0.25, 0.3) is 0 Å². The highest BCUT2D eigenvalue weighted by atomic mass is 32.2. The Labute approximate surface area is 124 Å². The molecule has 1 heterocycles. The minimum atomic E-state index is 0.152. The van der Waals surface area contributed by atoms with E-state index in [0.29, 0.717) is 6.42 Å². The molecule has 20 heavy (non-hydrogen) atoms. The highest BCUT2D eigenvalue weighted by molar-refractivity contribution is 7.98. The number of hydrogen-bond acceptors (Lipinski definition) is 2. The van der Waals surface area contributed by atoms with E-state index < -0.39 is 0 Å². The monoisotopic (exact) mass is 290 g/mol. The van der Waals surface area contributed by atoms with Crippen LogP contribution in [0.4, 0.5) is 0 Å². The Kier molecular flexibility index (Phi) is 5.99. The maximum absolute atomic E-state index is 11.8. The molecule has 0 unspecified atom stereocenters. The maximum Gasteiger partial charge on any atom is 0.220 e. The summed E-state index contributed by atoms with van der Waals surface area (Å²) >= 11 is 1.85. The van der Waals surface area contributed by atoms with Gasteiger partial charge in [-0.05, 0) is 42.9 Å². The molecule has 0 radical (unpaired) electrons. The summed E-state index contributed by atoms with van der Waals surface area (Å²) in [5.41, 5.74) is 2.36. The molecule has 0 fully saturated rings. The highest BCUT2D eigenvalue weighted by Gasteiger charge is 2.06. The summed E-state index contributed by atoms with van der Waals surface area (Å²) < 4.78 is 0. The predicted octanol–water partition coefficient (Wildman–Crippen LogP) is 3.36. The lowest BCUT2D eigenvalue weighted by Gasteiger charge is -2.04. The molecular formula is C16H22N2OS. The highest BCUT2D eigenvalue weighted by Crippen LogP contribution is 2.18. The molecule has 1 amide bonds. The number of rotatable bonds is 8. The SMILES string of the molecule is CSCCCCNC(=O)CCc1c[nH]c2ccccc12. The van der Waals surface area contributed by atoms with Gasteiger partial charge in [-0.1, -0.05) is 18.2 Å². The summed E-state index contributed by atoms with van der Waals surface area (Å²) in [6, 6.07) is 8.21.